The van der Waals surface area contributed by atoms with Crippen molar-refractivity contribution >= 4 is 9.84 Å². The second kappa shape index (κ2) is 2.22. The van der Waals surface area contributed by atoms with E-state index in [9.17, 15) is 8.42 Å². The zero-order chi connectivity index (χ0) is 7.83. The van der Waals surface area contributed by atoms with E-state index in [-0.39, 0.29) is 5.41 Å². The van der Waals surface area contributed by atoms with Gasteiger partial charge in [0.15, 0.2) is 0 Å². The monoisotopic (exact) mass is 162 g/mol. The van der Waals surface area contributed by atoms with Gasteiger partial charge in [-0.1, -0.05) is 13.8 Å². The molecule has 1 rings (SSSR count). The van der Waals surface area contributed by atoms with Gasteiger partial charge in [-0.2, -0.15) is 0 Å². The molecule has 1 aliphatic heterocycles. The molecule has 3 heteroatoms. The van der Waals surface area contributed by atoms with Crippen molar-refractivity contribution in [3.63, 3.8) is 0 Å². The largest absolute Gasteiger partial charge is 0.229 e. The van der Waals surface area contributed by atoms with Crippen LogP contribution in [0.25, 0.3) is 0 Å². The molecule has 0 aliphatic carbocycles. The molecule has 60 valence electrons. The van der Waals surface area contributed by atoms with Crippen molar-refractivity contribution in [1.29, 1.82) is 0 Å². The maximum atomic E-state index is 10.9. The van der Waals surface area contributed by atoms with Crippen LogP contribution in [0.2, 0.25) is 0 Å². The van der Waals surface area contributed by atoms with Crippen LogP contribution >= 0.6 is 0 Å². The van der Waals surface area contributed by atoms with E-state index in [4.69, 9.17) is 0 Å². The fraction of sp³-hybridized carbons (Fsp3) is 1.00. The van der Waals surface area contributed by atoms with Crippen molar-refractivity contribution in [2.24, 2.45) is 5.41 Å². The van der Waals surface area contributed by atoms with Crippen LogP contribution in [-0.4, -0.2) is 19.9 Å². The Morgan fingerprint density at radius 2 is 1.50 bits per heavy atom. The third-order valence-corrected chi connectivity index (χ3v) is 3.83. The Morgan fingerprint density at radius 3 is 1.80 bits per heavy atom. The molecule has 1 aliphatic rings. The molecule has 0 atom stereocenters. The molecular formula is C7H14O2S. The molecule has 1 saturated heterocycles. The Labute approximate surface area is 62.5 Å². The van der Waals surface area contributed by atoms with Crippen molar-refractivity contribution in [2.45, 2.75) is 26.7 Å². The predicted molar refractivity (Wildman–Crippen MR) is 41.7 cm³/mol. The van der Waals surface area contributed by atoms with E-state index in [2.05, 4.69) is 13.8 Å². The van der Waals surface area contributed by atoms with Crippen molar-refractivity contribution in [2.75, 3.05) is 11.5 Å². The van der Waals surface area contributed by atoms with Crippen LogP contribution in [-0.2, 0) is 9.84 Å². The summed E-state index contributed by atoms with van der Waals surface area (Å²) in [5, 5.41) is 0. The van der Waals surface area contributed by atoms with E-state index >= 15 is 0 Å². The quantitative estimate of drug-likeness (QED) is 0.536. The lowest BCUT2D eigenvalue weighted by Crippen LogP contribution is -2.28. The fourth-order valence-electron chi connectivity index (χ4n) is 1.09. The normalized spacial score (nSPS) is 29.8. The Hall–Kier alpha value is -0.0500. The van der Waals surface area contributed by atoms with Crippen LogP contribution in [0.1, 0.15) is 26.7 Å². The maximum absolute atomic E-state index is 10.9. The average Bonchev–Trinajstić information content (AvgIpc) is 1.79. The van der Waals surface area contributed by atoms with Gasteiger partial charge in [0.05, 0.1) is 11.5 Å². The van der Waals surface area contributed by atoms with Gasteiger partial charge in [0.2, 0.25) is 0 Å². The molecule has 0 unspecified atom stereocenters. The molecule has 0 saturated carbocycles. The van der Waals surface area contributed by atoms with Crippen LogP contribution in [0.4, 0.5) is 0 Å². The lowest BCUT2D eigenvalue weighted by Gasteiger charge is -2.28. The van der Waals surface area contributed by atoms with Gasteiger partial charge in [-0.05, 0) is 18.3 Å². The molecule has 0 radical (unpaired) electrons. The topological polar surface area (TPSA) is 34.1 Å². The van der Waals surface area contributed by atoms with E-state index in [0.29, 0.717) is 11.5 Å². The van der Waals surface area contributed by atoms with E-state index in [1.54, 1.807) is 0 Å². The van der Waals surface area contributed by atoms with Crippen molar-refractivity contribution < 1.29 is 8.42 Å². The summed E-state index contributed by atoms with van der Waals surface area (Å²) >= 11 is 0. The van der Waals surface area contributed by atoms with Gasteiger partial charge in [0.25, 0.3) is 0 Å². The van der Waals surface area contributed by atoms with Gasteiger partial charge in [0.1, 0.15) is 9.84 Å². The van der Waals surface area contributed by atoms with Gasteiger partial charge in [-0.25, -0.2) is 8.42 Å². The maximum Gasteiger partial charge on any atom is 0.150 e. The van der Waals surface area contributed by atoms with Gasteiger partial charge < -0.3 is 0 Å². The zero-order valence-electron chi connectivity index (χ0n) is 6.55. The molecule has 0 spiro atoms. The van der Waals surface area contributed by atoms with Crippen LogP contribution < -0.4 is 0 Å². The Balaban J connectivity index is 2.63. The average molecular weight is 162 g/mol. The summed E-state index contributed by atoms with van der Waals surface area (Å²) in [6.45, 7) is 4.25. The van der Waals surface area contributed by atoms with Crippen LogP contribution in [0.5, 0.6) is 0 Å². The molecule has 10 heavy (non-hydrogen) atoms. The van der Waals surface area contributed by atoms with Crippen molar-refractivity contribution in [1.82, 2.24) is 0 Å². The molecule has 0 N–H and O–H groups in total. The first-order valence-corrected chi connectivity index (χ1v) is 5.44. The standard InChI is InChI=1S/C7H14O2S/c1-7(2)3-5-10(8,9)6-4-7/h3-6H2,1-2H3. The van der Waals surface area contributed by atoms with E-state index in [1.807, 2.05) is 0 Å². The summed E-state index contributed by atoms with van der Waals surface area (Å²) < 4.78 is 21.9. The minimum atomic E-state index is -2.65. The summed E-state index contributed by atoms with van der Waals surface area (Å²) in [6.07, 6.45) is 1.66. The molecule has 0 aromatic heterocycles. The van der Waals surface area contributed by atoms with Gasteiger partial charge in [0, 0.05) is 0 Å². The molecule has 1 heterocycles. The first-order valence-electron chi connectivity index (χ1n) is 3.62. The third kappa shape index (κ3) is 1.97. The van der Waals surface area contributed by atoms with Gasteiger partial charge in [-0.15, -0.1) is 0 Å². The van der Waals surface area contributed by atoms with E-state index < -0.39 is 9.84 Å². The number of sulfone groups is 1. The Bertz CT molecular complexity index is 198. The molecular weight excluding hydrogens is 148 g/mol. The molecule has 0 aromatic rings. The van der Waals surface area contributed by atoms with Crippen molar-refractivity contribution in [3.05, 3.63) is 0 Å². The molecule has 0 amide bonds. The SMILES string of the molecule is CC1(C)CCS(=O)(=O)CC1. The summed E-state index contributed by atoms with van der Waals surface area (Å²) in [5.74, 6) is 0.778. The smallest absolute Gasteiger partial charge is 0.150 e. The first-order chi connectivity index (χ1) is 4.41. The highest BCUT2D eigenvalue weighted by Gasteiger charge is 2.28. The minimum Gasteiger partial charge on any atom is -0.229 e. The Kier molecular flexibility index (Phi) is 1.79. The van der Waals surface area contributed by atoms with Gasteiger partial charge in [-0.3, -0.25) is 0 Å². The van der Waals surface area contributed by atoms with Crippen LogP contribution in [0.15, 0.2) is 0 Å². The lowest BCUT2D eigenvalue weighted by atomic mass is 9.87. The lowest BCUT2D eigenvalue weighted by molar-refractivity contribution is 0.326. The highest BCUT2D eigenvalue weighted by Crippen LogP contribution is 2.30. The third-order valence-electron chi connectivity index (χ3n) is 2.18. The van der Waals surface area contributed by atoms with E-state index in [1.165, 1.54) is 0 Å². The Morgan fingerprint density at radius 1 is 1.10 bits per heavy atom. The second-order valence-corrected chi connectivity index (χ2v) is 6.12. The summed E-state index contributed by atoms with van der Waals surface area (Å²) in [7, 11) is -2.65. The van der Waals surface area contributed by atoms with Crippen LogP contribution in [0, 0.1) is 5.41 Å². The molecule has 1 fully saturated rings. The van der Waals surface area contributed by atoms with Crippen LogP contribution in [0.3, 0.4) is 0 Å². The number of hydrogen-bond donors (Lipinski definition) is 0. The summed E-state index contributed by atoms with van der Waals surface area (Å²) in [4.78, 5) is 0. The van der Waals surface area contributed by atoms with Crippen molar-refractivity contribution in [3.8, 4) is 0 Å². The molecule has 2 nitrogen and oxygen atoms in total. The zero-order valence-corrected chi connectivity index (χ0v) is 7.37. The van der Waals surface area contributed by atoms with E-state index in [0.717, 1.165) is 12.8 Å². The fourth-order valence-corrected chi connectivity index (χ4v) is 3.02. The van der Waals surface area contributed by atoms with Gasteiger partial charge >= 0.3 is 0 Å². The number of rotatable bonds is 0. The highest BCUT2D eigenvalue weighted by atomic mass is 32.2. The first kappa shape index (κ1) is 8.05. The summed E-state index contributed by atoms with van der Waals surface area (Å²) in [6, 6.07) is 0. The molecule has 0 bridgehead atoms. The summed E-state index contributed by atoms with van der Waals surface area (Å²) in [5.41, 5.74) is 0.255. The highest BCUT2D eigenvalue weighted by molar-refractivity contribution is 7.91. The predicted octanol–water partition coefficient (Wildman–Crippen LogP) is 1.22. The second-order valence-electron chi connectivity index (χ2n) is 3.82. The number of hydrogen-bond acceptors (Lipinski definition) is 2. The minimum absolute atomic E-state index is 0.255. The molecule has 0 aromatic carbocycles.